The number of benzene rings is 2. The minimum absolute atomic E-state index is 0.0139. The molecule has 0 unspecified atom stereocenters. The summed E-state index contributed by atoms with van der Waals surface area (Å²) in [6.45, 7) is 1.22. The van der Waals surface area contributed by atoms with Gasteiger partial charge in [-0.3, -0.25) is 9.59 Å². The lowest BCUT2D eigenvalue weighted by Gasteiger charge is -2.33. The van der Waals surface area contributed by atoms with Gasteiger partial charge >= 0.3 is 0 Å². The van der Waals surface area contributed by atoms with Gasteiger partial charge in [0.1, 0.15) is 17.3 Å². The number of carbonyl (C=O) groups is 2. The van der Waals surface area contributed by atoms with Crippen LogP contribution < -0.4 is 0 Å². The minimum Gasteiger partial charge on any atom is -0.354 e. The number of nitrogens with zero attached hydrogens (tertiary/aromatic N) is 8. The molecule has 2 aromatic carbocycles. The van der Waals surface area contributed by atoms with Gasteiger partial charge in [0.25, 0.3) is 5.91 Å². The van der Waals surface area contributed by atoms with Crippen LogP contribution in [-0.4, -0.2) is 71.2 Å². The van der Waals surface area contributed by atoms with Crippen LogP contribution in [0.4, 0.5) is 0 Å². The Morgan fingerprint density at radius 2 is 1.83 bits per heavy atom. The topological polar surface area (TPSA) is 115 Å². The Labute approximate surface area is 248 Å². The fourth-order valence-electron chi connectivity index (χ4n) is 4.49. The number of para-hydroxylation sites is 1. The fourth-order valence-corrected chi connectivity index (χ4v) is 5.23. The second-order valence-corrected chi connectivity index (χ2v) is 10.6. The summed E-state index contributed by atoms with van der Waals surface area (Å²) in [5.74, 6) is -0.592. The molecule has 0 atom stereocenters. The molecule has 0 N–H and O–H groups in total. The Kier molecular flexibility index (Phi) is 7.48. The average Bonchev–Trinajstić information content (AvgIpc) is 3.71. The summed E-state index contributed by atoms with van der Waals surface area (Å²) in [5, 5.41) is 17.4. The standard InChI is InChI=1S/C27H21Cl3N8O3/c28-18-6-7-21(22(29)10-18)26-24(30)25(33-41-26)27(40)36-9-8-35(23(39)16-36)14-19-15-37(34-32-19)12-17-11-31-38(13-17)20-4-2-1-3-5-20/h1-7,10-11,13,15H,8-9,12,14,16H2. The Hall–Kier alpha value is -4.19. The lowest BCUT2D eigenvalue weighted by molar-refractivity contribution is -0.135. The van der Waals surface area contributed by atoms with E-state index in [-0.39, 0.29) is 42.0 Å². The van der Waals surface area contributed by atoms with Gasteiger partial charge in [0.15, 0.2) is 11.5 Å². The van der Waals surface area contributed by atoms with E-state index < -0.39 is 5.91 Å². The normalized spacial score (nSPS) is 13.7. The van der Waals surface area contributed by atoms with Crippen LogP contribution in [0.3, 0.4) is 0 Å². The largest absolute Gasteiger partial charge is 0.354 e. The first-order valence-corrected chi connectivity index (χ1v) is 13.6. The number of amides is 2. The summed E-state index contributed by atoms with van der Waals surface area (Å²) in [7, 11) is 0. The van der Waals surface area contributed by atoms with Crippen molar-refractivity contribution in [2.45, 2.75) is 13.1 Å². The first-order chi connectivity index (χ1) is 19.9. The molecule has 0 bridgehead atoms. The molecule has 2 amide bonds. The molecule has 1 fully saturated rings. The number of halogens is 3. The van der Waals surface area contributed by atoms with Gasteiger partial charge in [-0.25, -0.2) is 9.36 Å². The van der Waals surface area contributed by atoms with Crippen LogP contribution in [0.5, 0.6) is 0 Å². The maximum Gasteiger partial charge on any atom is 0.278 e. The highest BCUT2D eigenvalue weighted by atomic mass is 35.5. The Balaban J connectivity index is 1.06. The van der Waals surface area contributed by atoms with E-state index in [1.807, 2.05) is 36.5 Å². The van der Waals surface area contributed by atoms with E-state index in [1.54, 1.807) is 38.8 Å². The monoisotopic (exact) mass is 610 g/mol. The minimum atomic E-state index is -0.509. The Bertz CT molecular complexity index is 1730. The van der Waals surface area contributed by atoms with E-state index in [2.05, 4.69) is 20.6 Å². The molecule has 14 heteroatoms. The van der Waals surface area contributed by atoms with Gasteiger partial charge in [0.05, 0.1) is 36.2 Å². The molecule has 0 radical (unpaired) electrons. The average molecular weight is 612 g/mol. The SMILES string of the molecule is O=C1CN(C(=O)c2noc(-c3ccc(Cl)cc3Cl)c2Cl)CCN1Cc1cn(Cc2cnn(-c3ccccc3)c2)nn1. The van der Waals surface area contributed by atoms with Crippen molar-refractivity contribution >= 4 is 46.6 Å². The molecule has 1 saturated heterocycles. The van der Waals surface area contributed by atoms with E-state index >= 15 is 0 Å². The van der Waals surface area contributed by atoms with Crippen molar-refractivity contribution in [2.24, 2.45) is 0 Å². The zero-order valence-corrected chi connectivity index (χ0v) is 23.6. The van der Waals surface area contributed by atoms with Crippen LogP contribution in [0.2, 0.25) is 15.1 Å². The molecule has 1 aliphatic rings. The van der Waals surface area contributed by atoms with Crippen LogP contribution in [0.15, 0.2) is 71.6 Å². The second kappa shape index (κ2) is 11.4. The number of carbonyl (C=O) groups excluding carboxylic acids is 2. The molecule has 5 aromatic rings. The highest BCUT2D eigenvalue weighted by Gasteiger charge is 2.32. The lowest BCUT2D eigenvalue weighted by atomic mass is 10.1. The van der Waals surface area contributed by atoms with Crippen LogP contribution in [-0.2, 0) is 17.9 Å². The number of hydrogen-bond acceptors (Lipinski definition) is 7. The molecule has 3 aromatic heterocycles. The van der Waals surface area contributed by atoms with Crippen molar-refractivity contribution in [3.63, 3.8) is 0 Å². The summed E-state index contributed by atoms with van der Waals surface area (Å²) in [6.07, 6.45) is 5.51. The maximum absolute atomic E-state index is 13.1. The summed E-state index contributed by atoms with van der Waals surface area (Å²) in [4.78, 5) is 29.1. The summed E-state index contributed by atoms with van der Waals surface area (Å²) in [5.41, 5.74) is 2.92. The van der Waals surface area contributed by atoms with Crippen LogP contribution in [0.25, 0.3) is 17.0 Å². The van der Waals surface area contributed by atoms with Crippen molar-refractivity contribution in [3.05, 3.63) is 99.1 Å². The summed E-state index contributed by atoms with van der Waals surface area (Å²) in [6, 6.07) is 14.6. The van der Waals surface area contributed by atoms with Crippen molar-refractivity contribution in [3.8, 4) is 17.0 Å². The second-order valence-electron chi connectivity index (χ2n) is 9.38. The third-order valence-corrected chi connectivity index (χ3v) is 7.46. The quantitative estimate of drug-likeness (QED) is 0.264. The number of rotatable bonds is 7. The summed E-state index contributed by atoms with van der Waals surface area (Å²) < 4.78 is 8.83. The van der Waals surface area contributed by atoms with Gasteiger partial charge in [0, 0.05) is 35.4 Å². The third kappa shape index (κ3) is 5.69. The Morgan fingerprint density at radius 3 is 2.61 bits per heavy atom. The van der Waals surface area contributed by atoms with Crippen molar-refractivity contribution in [1.29, 1.82) is 0 Å². The highest BCUT2D eigenvalue weighted by Crippen LogP contribution is 2.37. The predicted octanol–water partition coefficient (Wildman–Crippen LogP) is 4.61. The molecule has 1 aliphatic heterocycles. The lowest BCUT2D eigenvalue weighted by Crippen LogP contribution is -2.51. The van der Waals surface area contributed by atoms with E-state index in [4.69, 9.17) is 39.3 Å². The molecule has 6 rings (SSSR count). The van der Waals surface area contributed by atoms with E-state index in [0.717, 1.165) is 11.3 Å². The highest BCUT2D eigenvalue weighted by molar-refractivity contribution is 6.39. The predicted molar refractivity (Wildman–Crippen MR) is 151 cm³/mol. The molecule has 0 saturated carbocycles. The molecule has 0 aliphatic carbocycles. The van der Waals surface area contributed by atoms with Crippen molar-refractivity contribution in [1.82, 2.24) is 39.7 Å². The molecular formula is C27H21Cl3N8O3. The van der Waals surface area contributed by atoms with Gasteiger partial charge in [0.2, 0.25) is 5.91 Å². The van der Waals surface area contributed by atoms with Gasteiger partial charge in [-0.15, -0.1) is 5.10 Å². The van der Waals surface area contributed by atoms with Gasteiger partial charge in [-0.05, 0) is 30.3 Å². The molecule has 4 heterocycles. The van der Waals surface area contributed by atoms with E-state index in [1.165, 1.54) is 11.0 Å². The van der Waals surface area contributed by atoms with Crippen LogP contribution in [0, 0.1) is 0 Å². The number of aromatic nitrogens is 6. The smallest absolute Gasteiger partial charge is 0.278 e. The first kappa shape index (κ1) is 27.0. The first-order valence-electron chi connectivity index (χ1n) is 12.5. The zero-order chi connectivity index (χ0) is 28.5. The summed E-state index contributed by atoms with van der Waals surface area (Å²) >= 11 is 18.6. The van der Waals surface area contributed by atoms with E-state index in [0.29, 0.717) is 34.4 Å². The van der Waals surface area contributed by atoms with Crippen molar-refractivity contribution in [2.75, 3.05) is 19.6 Å². The zero-order valence-electron chi connectivity index (χ0n) is 21.3. The van der Waals surface area contributed by atoms with Crippen molar-refractivity contribution < 1.29 is 14.1 Å². The Morgan fingerprint density at radius 1 is 1.00 bits per heavy atom. The van der Waals surface area contributed by atoms with E-state index in [9.17, 15) is 9.59 Å². The van der Waals surface area contributed by atoms with Crippen LogP contribution in [0.1, 0.15) is 21.7 Å². The third-order valence-electron chi connectivity index (χ3n) is 6.56. The van der Waals surface area contributed by atoms with Gasteiger partial charge < -0.3 is 14.3 Å². The van der Waals surface area contributed by atoms with Crippen LogP contribution >= 0.6 is 34.8 Å². The molecular weight excluding hydrogens is 591 g/mol. The molecule has 41 heavy (non-hydrogen) atoms. The molecule has 0 spiro atoms. The number of hydrogen-bond donors (Lipinski definition) is 0. The fraction of sp³-hybridized carbons (Fsp3) is 0.185. The molecule has 208 valence electrons. The molecule has 11 nitrogen and oxygen atoms in total. The van der Waals surface area contributed by atoms with Gasteiger partial charge in [-0.2, -0.15) is 5.10 Å². The maximum atomic E-state index is 13.1. The number of piperazine rings is 1. The van der Waals surface area contributed by atoms with Gasteiger partial charge in [-0.1, -0.05) is 63.4 Å².